The Bertz CT molecular complexity index is 730. The molecular weight excluding hydrogens is 312 g/mol. The highest BCUT2D eigenvalue weighted by Crippen LogP contribution is 2.31. The molecule has 5 heteroatoms. The van der Waals surface area contributed by atoms with Crippen LogP contribution in [0, 0.1) is 0 Å². The van der Waals surface area contributed by atoms with E-state index in [4.69, 9.17) is 21.1 Å². The lowest BCUT2D eigenvalue weighted by atomic mass is 10.3. The molecule has 118 valence electrons. The third-order valence-corrected chi connectivity index (χ3v) is 3.53. The monoisotopic (exact) mass is 328 g/mol. The number of aryl methyl sites for hydroxylation is 1. The molecular formula is C18H17ClN2O2. The van der Waals surface area contributed by atoms with Gasteiger partial charge in [-0.3, -0.25) is 4.68 Å². The number of nitrogens with zero attached hydrogens (tertiary/aromatic N) is 2. The Kier molecular flexibility index (Phi) is 5.17. The van der Waals surface area contributed by atoms with Gasteiger partial charge in [0.1, 0.15) is 17.2 Å². The molecule has 1 aromatic heterocycles. The number of para-hydroxylation sites is 1. The Labute approximate surface area is 140 Å². The van der Waals surface area contributed by atoms with Gasteiger partial charge in [-0.2, -0.15) is 5.10 Å². The average Bonchev–Trinajstić information content (AvgIpc) is 3.07. The van der Waals surface area contributed by atoms with Gasteiger partial charge in [0, 0.05) is 31.4 Å². The van der Waals surface area contributed by atoms with Gasteiger partial charge in [0.2, 0.25) is 0 Å². The summed E-state index contributed by atoms with van der Waals surface area (Å²) in [5.41, 5.74) is 0. The van der Waals surface area contributed by atoms with Crippen molar-refractivity contribution in [3.05, 3.63) is 72.0 Å². The number of ether oxygens (including phenoxy) is 2. The summed E-state index contributed by atoms with van der Waals surface area (Å²) in [6.45, 7) is 1.40. The maximum atomic E-state index is 6.25. The average molecular weight is 329 g/mol. The first-order chi connectivity index (χ1) is 11.3. The minimum Gasteiger partial charge on any atom is -0.492 e. The predicted octanol–water partition coefficient (Wildman–Crippen LogP) is 4.80. The number of hydrogen-bond donors (Lipinski definition) is 0. The first-order valence-corrected chi connectivity index (χ1v) is 7.82. The van der Waals surface area contributed by atoms with Crippen LogP contribution in [0.5, 0.6) is 17.2 Å². The predicted molar refractivity (Wildman–Crippen MR) is 90.3 cm³/mol. The second kappa shape index (κ2) is 7.70. The van der Waals surface area contributed by atoms with Gasteiger partial charge in [0.05, 0.1) is 11.6 Å². The number of halogens is 1. The number of benzene rings is 2. The van der Waals surface area contributed by atoms with Crippen molar-refractivity contribution in [2.24, 2.45) is 0 Å². The number of rotatable bonds is 7. The minimum absolute atomic E-state index is 0.539. The summed E-state index contributed by atoms with van der Waals surface area (Å²) < 4.78 is 13.3. The summed E-state index contributed by atoms with van der Waals surface area (Å²) in [5, 5.41) is 4.69. The lowest BCUT2D eigenvalue weighted by molar-refractivity contribution is 0.298. The Morgan fingerprint density at radius 3 is 2.61 bits per heavy atom. The van der Waals surface area contributed by atoms with Crippen LogP contribution >= 0.6 is 11.6 Å². The van der Waals surface area contributed by atoms with Gasteiger partial charge in [-0.15, -0.1) is 0 Å². The topological polar surface area (TPSA) is 36.3 Å². The fraction of sp³-hybridized carbons (Fsp3) is 0.167. The SMILES string of the molecule is Clc1cc(Oc2ccccc2)ccc1OCCCn1cccn1. The van der Waals surface area contributed by atoms with Gasteiger partial charge in [0.25, 0.3) is 0 Å². The van der Waals surface area contributed by atoms with Gasteiger partial charge < -0.3 is 9.47 Å². The van der Waals surface area contributed by atoms with E-state index in [1.54, 1.807) is 12.3 Å². The molecule has 2 aromatic carbocycles. The summed E-state index contributed by atoms with van der Waals surface area (Å²) in [6, 6.07) is 16.9. The highest BCUT2D eigenvalue weighted by atomic mass is 35.5. The van der Waals surface area contributed by atoms with Crippen LogP contribution in [0.3, 0.4) is 0 Å². The van der Waals surface area contributed by atoms with Crippen LogP contribution in [0.1, 0.15) is 6.42 Å². The highest BCUT2D eigenvalue weighted by Gasteiger charge is 2.05. The molecule has 0 spiro atoms. The van der Waals surface area contributed by atoms with E-state index in [0.717, 1.165) is 18.7 Å². The largest absolute Gasteiger partial charge is 0.492 e. The molecule has 0 saturated carbocycles. The summed E-state index contributed by atoms with van der Waals surface area (Å²) >= 11 is 6.25. The van der Waals surface area contributed by atoms with E-state index in [-0.39, 0.29) is 0 Å². The Morgan fingerprint density at radius 1 is 1.00 bits per heavy atom. The first kappa shape index (κ1) is 15.4. The molecule has 0 amide bonds. The molecule has 0 aliphatic heterocycles. The molecule has 3 aromatic rings. The van der Waals surface area contributed by atoms with Gasteiger partial charge in [0.15, 0.2) is 0 Å². The van der Waals surface area contributed by atoms with Crippen LogP contribution in [0.25, 0.3) is 0 Å². The molecule has 0 fully saturated rings. The van der Waals surface area contributed by atoms with E-state index >= 15 is 0 Å². The summed E-state index contributed by atoms with van der Waals surface area (Å²) in [4.78, 5) is 0. The van der Waals surface area contributed by atoms with E-state index in [1.807, 2.05) is 59.4 Å². The van der Waals surface area contributed by atoms with E-state index in [1.165, 1.54) is 0 Å². The minimum atomic E-state index is 0.539. The zero-order chi connectivity index (χ0) is 15.9. The van der Waals surface area contributed by atoms with E-state index in [0.29, 0.717) is 23.1 Å². The molecule has 0 atom stereocenters. The van der Waals surface area contributed by atoms with Crippen LogP contribution in [-0.2, 0) is 6.54 Å². The van der Waals surface area contributed by atoms with Gasteiger partial charge in [-0.1, -0.05) is 29.8 Å². The maximum absolute atomic E-state index is 6.25. The molecule has 0 N–H and O–H groups in total. The lowest BCUT2D eigenvalue weighted by Gasteiger charge is -2.10. The third-order valence-electron chi connectivity index (χ3n) is 3.23. The molecule has 23 heavy (non-hydrogen) atoms. The molecule has 4 nitrogen and oxygen atoms in total. The Morgan fingerprint density at radius 2 is 1.87 bits per heavy atom. The molecule has 1 heterocycles. The standard InChI is InChI=1S/C18H17ClN2O2/c19-17-14-16(23-15-6-2-1-3-7-15)8-9-18(17)22-13-5-12-21-11-4-10-20-21/h1-4,6-11,14H,5,12-13H2. The fourth-order valence-electron chi connectivity index (χ4n) is 2.13. The van der Waals surface area contributed by atoms with Gasteiger partial charge in [-0.25, -0.2) is 0 Å². The molecule has 0 bridgehead atoms. The Hall–Kier alpha value is -2.46. The van der Waals surface area contributed by atoms with Crippen molar-refractivity contribution < 1.29 is 9.47 Å². The lowest BCUT2D eigenvalue weighted by Crippen LogP contribution is -2.05. The van der Waals surface area contributed by atoms with Gasteiger partial charge >= 0.3 is 0 Å². The van der Waals surface area contributed by atoms with Crippen LogP contribution in [0.2, 0.25) is 5.02 Å². The van der Waals surface area contributed by atoms with Crippen LogP contribution in [0.4, 0.5) is 0 Å². The van der Waals surface area contributed by atoms with Crippen molar-refractivity contribution in [1.82, 2.24) is 9.78 Å². The normalized spacial score (nSPS) is 10.5. The van der Waals surface area contributed by atoms with Crippen molar-refractivity contribution in [2.45, 2.75) is 13.0 Å². The summed E-state index contributed by atoms with van der Waals surface area (Å²) in [7, 11) is 0. The quantitative estimate of drug-likeness (QED) is 0.585. The molecule has 0 saturated heterocycles. The molecule has 0 radical (unpaired) electrons. The number of hydrogen-bond acceptors (Lipinski definition) is 3. The van der Waals surface area contributed by atoms with Crippen molar-refractivity contribution >= 4 is 11.6 Å². The van der Waals surface area contributed by atoms with Gasteiger partial charge in [-0.05, 0) is 30.3 Å². The Balaban J connectivity index is 1.52. The highest BCUT2D eigenvalue weighted by molar-refractivity contribution is 6.32. The second-order valence-corrected chi connectivity index (χ2v) is 5.39. The fourth-order valence-corrected chi connectivity index (χ4v) is 2.35. The molecule has 3 rings (SSSR count). The van der Waals surface area contributed by atoms with E-state index in [2.05, 4.69) is 5.10 Å². The molecule has 0 aliphatic carbocycles. The summed E-state index contributed by atoms with van der Waals surface area (Å²) in [6.07, 6.45) is 4.56. The smallest absolute Gasteiger partial charge is 0.138 e. The van der Waals surface area contributed by atoms with Crippen molar-refractivity contribution in [3.63, 3.8) is 0 Å². The van der Waals surface area contributed by atoms with Crippen molar-refractivity contribution in [3.8, 4) is 17.2 Å². The number of aromatic nitrogens is 2. The van der Waals surface area contributed by atoms with Crippen molar-refractivity contribution in [1.29, 1.82) is 0 Å². The zero-order valence-corrected chi connectivity index (χ0v) is 13.3. The first-order valence-electron chi connectivity index (χ1n) is 7.44. The molecule has 0 aliphatic rings. The van der Waals surface area contributed by atoms with Crippen LogP contribution < -0.4 is 9.47 Å². The van der Waals surface area contributed by atoms with Crippen LogP contribution in [-0.4, -0.2) is 16.4 Å². The van der Waals surface area contributed by atoms with E-state index in [9.17, 15) is 0 Å². The summed E-state index contributed by atoms with van der Waals surface area (Å²) in [5.74, 6) is 2.12. The molecule has 0 unspecified atom stereocenters. The van der Waals surface area contributed by atoms with Crippen LogP contribution in [0.15, 0.2) is 67.0 Å². The maximum Gasteiger partial charge on any atom is 0.138 e. The van der Waals surface area contributed by atoms with E-state index < -0.39 is 0 Å². The second-order valence-electron chi connectivity index (χ2n) is 4.98. The third kappa shape index (κ3) is 4.50. The van der Waals surface area contributed by atoms with Crippen molar-refractivity contribution in [2.75, 3.05) is 6.61 Å². The zero-order valence-electron chi connectivity index (χ0n) is 12.6.